The fourth-order valence-electron chi connectivity index (χ4n) is 4.19. The third-order valence-electron chi connectivity index (χ3n) is 5.77. The molecule has 2 aromatic rings. The zero-order chi connectivity index (χ0) is 21.3. The van der Waals surface area contributed by atoms with Crippen molar-refractivity contribution in [2.24, 2.45) is 0 Å². The molecule has 4 rings (SSSR count). The summed E-state index contributed by atoms with van der Waals surface area (Å²) >= 11 is 6.16. The zero-order valence-corrected chi connectivity index (χ0v) is 17.5. The van der Waals surface area contributed by atoms with E-state index >= 15 is 0 Å². The first-order chi connectivity index (χ1) is 14.5. The van der Waals surface area contributed by atoms with E-state index in [1.54, 1.807) is 24.4 Å². The molecule has 3 amide bonds. The van der Waals surface area contributed by atoms with Crippen molar-refractivity contribution in [2.75, 3.05) is 25.5 Å². The normalized spacial score (nSPS) is 17.7. The van der Waals surface area contributed by atoms with Crippen molar-refractivity contribution >= 4 is 35.0 Å². The summed E-state index contributed by atoms with van der Waals surface area (Å²) in [5.74, 6) is -1.46. The second-order valence-corrected chi connectivity index (χ2v) is 8.10. The van der Waals surface area contributed by atoms with Gasteiger partial charge < -0.3 is 15.5 Å². The second-order valence-electron chi connectivity index (χ2n) is 7.66. The molecule has 0 radical (unpaired) electrons. The zero-order valence-electron chi connectivity index (χ0n) is 16.7. The maximum Gasteiger partial charge on any atom is 0.254 e. The molecule has 0 saturated heterocycles. The van der Waals surface area contributed by atoms with Gasteiger partial charge in [0.15, 0.2) is 0 Å². The van der Waals surface area contributed by atoms with Crippen molar-refractivity contribution in [3.8, 4) is 0 Å². The lowest BCUT2D eigenvalue weighted by Gasteiger charge is -2.33. The van der Waals surface area contributed by atoms with Crippen LogP contribution in [0.15, 0.2) is 30.6 Å². The van der Waals surface area contributed by atoms with E-state index in [2.05, 4.69) is 15.6 Å². The summed E-state index contributed by atoms with van der Waals surface area (Å²) in [4.78, 5) is 43.7. The number of halogens is 1. The van der Waals surface area contributed by atoms with Crippen molar-refractivity contribution in [1.29, 1.82) is 0 Å². The number of carbonyl (C=O) groups is 3. The van der Waals surface area contributed by atoms with E-state index < -0.39 is 5.92 Å². The van der Waals surface area contributed by atoms with E-state index in [1.807, 2.05) is 6.20 Å². The Bertz CT molecular complexity index is 1020. The Kier molecular flexibility index (Phi) is 5.72. The third-order valence-corrected chi connectivity index (χ3v) is 6.00. The lowest BCUT2D eigenvalue weighted by molar-refractivity contribution is -0.122. The number of anilines is 1. The lowest BCUT2D eigenvalue weighted by atomic mass is 9.88. The highest BCUT2D eigenvalue weighted by Gasteiger charge is 2.36. The molecule has 2 heterocycles. The standard InChI is InChI=1S/C22H23ClN4O3/c1-24-20(28)12-27-11-18(17-8-14(23)6-7-16(17)22(27)30)21(29)26-19-10-25-9-13-4-2-3-5-15(13)19/h6-10,18H,2-5,11-12H2,1H3,(H,24,28)(H,26,29). The maximum atomic E-state index is 13.3. The Morgan fingerprint density at radius 1 is 1.23 bits per heavy atom. The van der Waals surface area contributed by atoms with E-state index in [1.165, 1.54) is 17.5 Å². The minimum atomic E-state index is -0.638. The number of pyridine rings is 1. The van der Waals surface area contributed by atoms with Crippen molar-refractivity contribution in [2.45, 2.75) is 31.6 Å². The average molecular weight is 427 g/mol. The number of carbonyl (C=O) groups excluding carboxylic acids is 3. The van der Waals surface area contributed by atoms with E-state index in [-0.39, 0.29) is 30.8 Å². The van der Waals surface area contributed by atoms with Crippen LogP contribution in [0.2, 0.25) is 5.02 Å². The molecule has 156 valence electrons. The highest BCUT2D eigenvalue weighted by molar-refractivity contribution is 6.30. The molecule has 2 N–H and O–H groups in total. The van der Waals surface area contributed by atoms with Crippen molar-refractivity contribution in [3.05, 3.63) is 57.9 Å². The molecule has 8 heteroatoms. The predicted octanol–water partition coefficient (Wildman–Crippen LogP) is 2.54. The lowest BCUT2D eigenvalue weighted by Crippen LogP contribution is -2.47. The number of hydrogen-bond donors (Lipinski definition) is 2. The van der Waals surface area contributed by atoms with Crippen LogP contribution in [0, 0.1) is 0 Å². The van der Waals surface area contributed by atoms with Gasteiger partial charge in [0, 0.05) is 30.4 Å². The highest BCUT2D eigenvalue weighted by Crippen LogP contribution is 2.33. The van der Waals surface area contributed by atoms with Gasteiger partial charge in [-0.3, -0.25) is 19.4 Å². The number of hydrogen-bond acceptors (Lipinski definition) is 4. The third kappa shape index (κ3) is 3.89. The first-order valence-corrected chi connectivity index (χ1v) is 10.4. The molecule has 0 bridgehead atoms. The SMILES string of the molecule is CNC(=O)CN1CC(C(=O)Nc2cncc3c2CCCC3)c2cc(Cl)ccc2C1=O. The van der Waals surface area contributed by atoms with Gasteiger partial charge in [-0.05, 0) is 60.6 Å². The molecular formula is C22H23ClN4O3. The second kappa shape index (κ2) is 8.44. The average Bonchev–Trinajstić information content (AvgIpc) is 2.75. The Hall–Kier alpha value is -2.93. The van der Waals surface area contributed by atoms with Crippen molar-refractivity contribution in [1.82, 2.24) is 15.2 Å². The molecule has 1 aliphatic heterocycles. The summed E-state index contributed by atoms with van der Waals surface area (Å²) in [5, 5.41) is 6.00. The van der Waals surface area contributed by atoms with Crippen LogP contribution in [-0.4, -0.2) is 47.7 Å². The Labute approximate surface area is 179 Å². The minimum Gasteiger partial charge on any atom is -0.358 e. The summed E-state index contributed by atoms with van der Waals surface area (Å²) in [6, 6.07) is 4.89. The molecule has 7 nitrogen and oxygen atoms in total. The topological polar surface area (TPSA) is 91.4 Å². The van der Waals surface area contributed by atoms with Gasteiger partial charge in [-0.2, -0.15) is 0 Å². The van der Waals surface area contributed by atoms with Gasteiger partial charge in [-0.25, -0.2) is 0 Å². The number of aryl methyl sites for hydroxylation is 1. The first kappa shape index (κ1) is 20.3. The molecule has 0 fully saturated rings. The molecule has 0 saturated carbocycles. The smallest absolute Gasteiger partial charge is 0.254 e. The van der Waals surface area contributed by atoms with Crippen LogP contribution in [0.4, 0.5) is 5.69 Å². The molecule has 2 aliphatic rings. The van der Waals surface area contributed by atoms with Crippen LogP contribution >= 0.6 is 11.6 Å². The van der Waals surface area contributed by atoms with Gasteiger partial charge in [-0.1, -0.05) is 11.6 Å². The number of likely N-dealkylation sites (N-methyl/N-ethyl adjacent to an activating group) is 1. The largest absolute Gasteiger partial charge is 0.358 e. The van der Waals surface area contributed by atoms with Gasteiger partial charge in [0.05, 0.1) is 24.3 Å². The molecule has 1 atom stereocenters. The van der Waals surface area contributed by atoms with Crippen molar-refractivity contribution in [3.63, 3.8) is 0 Å². The van der Waals surface area contributed by atoms with Crippen LogP contribution in [0.1, 0.15) is 45.8 Å². The van der Waals surface area contributed by atoms with Crippen LogP contribution in [0.25, 0.3) is 0 Å². The van der Waals surface area contributed by atoms with Gasteiger partial charge >= 0.3 is 0 Å². The Morgan fingerprint density at radius 3 is 2.83 bits per heavy atom. The summed E-state index contributed by atoms with van der Waals surface area (Å²) in [6.07, 6.45) is 7.61. The predicted molar refractivity (Wildman–Crippen MR) is 114 cm³/mol. The van der Waals surface area contributed by atoms with Gasteiger partial charge in [-0.15, -0.1) is 0 Å². The number of rotatable bonds is 4. The van der Waals surface area contributed by atoms with Crippen molar-refractivity contribution < 1.29 is 14.4 Å². The molecule has 0 spiro atoms. The number of nitrogens with one attached hydrogen (secondary N) is 2. The van der Waals surface area contributed by atoms with E-state index in [0.717, 1.165) is 36.9 Å². The number of aromatic nitrogens is 1. The quantitative estimate of drug-likeness (QED) is 0.785. The minimum absolute atomic E-state index is 0.105. The Morgan fingerprint density at radius 2 is 2.03 bits per heavy atom. The Balaban J connectivity index is 1.66. The summed E-state index contributed by atoms with van der Waals surface area (Å²) in [5.41, 5.74) is 3.99. The molecular weight excluding hydrogens is 404 g/mol. The van der Waals surface area contributed by atoms with E-state index in [0.29, 0.717) is 16.1 Å². The van der Waals surface area contributed by atoms with Crippen LogP contribution in [-0.2, 0) is 22.4 Å². The monoisotopic (exact) mass is 426 g/mol. The maximum absolute atomic E-state index is 13.3. The van der Waals surface area contributed by atoms with Crippen LogP contribution in [0.3, 0.4) is 0 Å². The number of benzene rings is 1. The molecule has 1 aromatic heterocycles. The summed E-state index contributed by atoms with van der Waals surface area (Å²) < 4.78 is 0. The first-order valence-electron chi connectivity index (χ1n) is 10.0. The fraction of sp³-hybridized carbons (Fsp3) is 0.364. The molecule has 1 aliphatic carbocycles. The number of amides is 3. The van der Waals surface area contributed by atoms with Gasteiger partial charge in [0.1, 0.15) is 0 Å². The van der Waals surface area contributed by atoms with Crippen LogP contribution in [0.5, 0.6) is 0 Å². The highest BCUT2D eigenvalue weighted by atomic mass is 35.5. The molecule has 1 aromatic carbocycles. The number of fused-ring (bicyclic) bond motifs is 2. The summed E-state index contributed by atoms with van der Waals surface area (Å²) in [6.45, 7) is -0.00263. The van der Waals surface area contributed by atoms with Crippen LogP contribution < -0.4 is 10.6 Å². The molecule has 1 unspecified atom stereocenters. The number of nitrogens with zero attached hydrogens (tertiary/aromatic N) is 2. The van der Waals surface area contributed by atoms with Gasteiger partial charge in [0.25, 0.3) is 5.91 Å². The fourth-order valence-corrected chi connectivity index (χ4v) is 4.37. The molecule has 30 heavy (non-hydrogen) atoms. The summed E-state index contributed by atoms with van der Waals surface area (Å²) in [7, 11) is 1.51. The van der Waals surface area contributed by atoms with E-state index in [9.17, 15) is 14.4 Å². The van der Waals surface area contributed by atoms with E-state index in [4.69, 9.17) is 11.6 Å². The van der Waals surface area contributed by atoms with Gasteiger partial charge in [0.2, 0.25) is 11.8 Å².